The highest BCUT2D eigenvalue weighted by Crippen LogP contribution is 2.18. The van der Waals surface area contributed by atoms with Crippen LogP contribution < -0.4 is 5.43 Å². The smallest absolute Gasteiger partial charge is 0.153 e. The summed E-state index contributed by atoms with van der Waals surface area (Å²) in [5.41, 5.74) is 2.86. The Balaban J connectivity index is 0.000000720. The number of rotatable bonds is 0. The zero-order chi connectivity index (χ0) is 7.84. The number of hydrazine groups is 1. The predicted octanol–water partition coefficient (Wildman–Crippen LogP) is 1.23. The van der Waals surface area contributed by atoms with E-state index in [-0.39, 0.29) is 24.0 Å². The number of halogens is 2. The molecule has 0 aromatic carbocycles. The minimum Gasteiger partial charge on any atom is -0.317 e. The molecule has 0 saturated carbocycles. The highest BCUT2D eigenvalue weighted by Gasteiger charge is 2.20. The Bertz CT molecular complexity index is 273. The van der Waals surface area contributed by atoms with Gasteiger partial charge in [-0.05, 0) is 12.2 Å². The maximum absolute atomic E-state index is 5.70. The number of allylic oxidation sites excluding steroid dienone is 2. The maximum Gasteiger partial charge on any atom is 0.153 e. The van der Waals surface area contributed by atoms with Gasteiger partial charge in [0.05, 0.1) is 0 Å². The maximum atomic E-state index is 5.70. The highest BCUT2D eigenvalue weighted by molar-refractivity contribution is 14.0. The van der Waals surface area contributed by atoms with Crippen molar-refractivity contribution in [3.63, 3.8) is 0 Å². The summed E-state index contributed by atoms with van der Waals surface area (Å²) < 4.78 is 0. The summed E-state index contributed by atoms with van der Waals surface area (Å²) in [5.74, 6) is 0.967. The molecule has 6 heteroatoms. The van der Waals surface area contributed by atoms with E-state index >= 15 is 0 Å². The van der Waals surface area contributed by atoms with Gasteiger partial charge in [-0.3, -0.25) is 5.43 Å². The fourth-order valence-electron chi connectivity index (χ4n) is 0.957. The number of nitrogens with one attached hydrogen (secondary N) is 1. The minimum atomic E-state index is 0. The molecule has 66 valence electrons. The van der Waals surface area contributed by atoms with E-state index < -0.39 is 0 Å². The molecule has 4 nitrogen and oxygen atoms in total. The average molecular weight is 299 g/mol. The molecule has 2 aliphatic heterocycles. The van der Waals surface area contributed by atoms with Crippen molar-refractivity contribution in [2.24, 2.45) is 5.10 Å². The largest absolute Gasteiger partial charge is 0.317 e. The molecule has 0 amide bonds. The second-order valence-electron chi connectivity index (χ2n) is 2.30. The van der Waals surface area contributed by atoms with Crippen molar-refractivity contribution in [3.05, 3.63) is 23.1 Å². The van der Waals surface area contributed by atoms with Gasteiger partial charge in [-0.1, -0.05) is 11.6 Å². The molecule has 1 N–H and O–H groups in total. The van der Waals surface area contributed by atoms with Crippen molar-refractivity contribution in [1.29, 1.82) is 0 Å². The monoisotopic (exact) mass is 298 g/mol. The van der Waals surface area contributed by atoms with Crippen LogP contribution in [0.15, 0.2) is 28.2 Å². The molecule has 0 atom stereocenters. The molecular weight excluding hydrogens is 290 g/mol. The molecule has 0 saturated heterocycles. The van der Waals surface area contributed by atoms with Crippen molar-refractivity contribution in [3.8, 4) is 0 Å². The second kappa shape index (κ2) is 3.53. The molecule has 0 fully saturated rings. The minimum absolute atomic E-state index is 0. The Kier molecular flexibility index (Phi) is 2.84. The van der Waals surface area contributed by atoms with Crippen LogP contribution in [0.3, 0.4) is 0 Å². The number of fused-ring (bicyclic) bond motifs is 1. The van der Waals surface area contributed by atoms with E-state index in [1.807, 2.05) is 18.0 Å². The van der Waals surface area contributed by atoms with E-state index in [1.54, 1.807) is 17.5 Å². The van der Waals surface area contributed by atoms with Gasteiger partial charge in [-0.2, -0.15) is 5.12 Å². The molecule has 0 aromatic rings. The Morgan fingerprint density at radius 1 is 1.50 bits per heavy atom. The Labute approximate surface area is 92.5 Å². The Morgan fingerprint density at radius 3 is 3.00 bits per heavy atom. The van der Waals surface area contributed by atoms with Crippen LogP contribution >= 0.6 is 35.6 Å². The fraction of sp³-hybridized carbons (Fsp3) is 0.167. The van der Waals surface area contributed by atoms with Crippen molar-refractivity contribution in [2.75, 3.05) is 7.05 Å². The normalized spacial score (nSPS) is 19.2. The molecule has 2 rings (SSSR count). The van der Waals surface area contributed by atoms with Crippen LogP contribution in [0.5, 0.6) is 0 Å². The van der Waals surface area contributed by atoms with Gasteiger partial charge < -0.3 is 4.90 Å². The van der Waals surface area contributed by atoms with E-state index in [2.05, 4.69) is 10.5 Å². The summed E-state index contributed by atoms with van der Waals surface area (Å²) in [5, 5.41) is 6.20. The average Bonchev–Trinajstić information content (AvgIpc) is 2.32. The highest BCUT2D eigenvalue weighted by atomic mass is 127. The standard InChI is InChI=1S/C6H7ClN4.HI/c1-10-4-8-11-6(10)3-2-5(7)9-11;/h2-4,9H,1H3;1H. The van der Waals surface area contributed by atoms with Crippen LogP contribution in [0.1, 0.15) is 0 Å². The van der Waals surface area contributed by atoms with Gasteiger partial charge in [-0.25, -0.2) is 0 Å². The van der Waals surface area contributed by atoms with E-state index in [9.17, 15) is 0 Å². The first-order valence-electron chi connectivity index (χ1n) is 3.18. The van der Waals surface area contributed by atoms with Crippen LogP contribution in [-0.4, -0.2) is 23.4 Å². The van der Waals surface area contributed by atoms with Crippen molar-refractivity contribution >= 4 is 41.9 Å². The zero-order valence-corrected chi connectivity index (χ0v) is 9.45. The number of hydrogen-bond donors (Lipinski definition) is 1. The van der Waals surface area contributed by atoms with E-state index in [4.69, 9.17) is 11.6 Å². The van der Waals surface area contributed by atoms with Crippen LogP contribution in [0.4, 0.5) is 0 Å². The molecular formula is C6H8ClIN4. The van der Waals surface area contributed by atoms with Crippen molar-refractivity contribution in [1.82, 2.24) is 15.4 Å². The molecule has 0 aromatic heterocycles. The first-order chi connectivity index (χ1) is 5.27. The lowest BCUT2D eigenvalue weighted by Gasteiger charge is -2.22. The summed E-state index contributed by atoms with van der Waals surface area (Å²) in [6.45, 7) is 0. The number of hydrazone groups is 1. The topological polar surface area (TPSA) is 30.9 Å². The first-order valence-corrected chi connectivity index (χ1v) is 3.56. The molecule has 12 heavy (non-hydrogen) atoms. The third-order valence-corrected chi connectivity index (χ3v) is 1.72. The van der Waals surface area contributed by atoms with Gasteiger partial charge in [-0.15, -0.1) is 29.1 Å². The van der Waals surface area contributed by atoms with Crippen molar-refractivity contribution in [2.45, 2.75) is 0 Å². The molecule has 2 aliphatic rings. The van der Waals surface area contributed by atoms with E-state index in [0.717, 1.165) is 5.82 Å². The molecule has 2 heterocycles. The van der Waals surface area contributed by atoms with Gasteiger partial charge in [0.15, 0.2) is 5.82 Å². The molecule has 0 spiro atoms. The van der Waals surface area contributed by atoms with Gasteiger partial charge in [0.2, 0.25) is 0 Å². The Morgan fingerprint density at radius 2 is 2.25 bits per heavy atom. The SMILES string of the molecule is CN1C=NN2NC(Cl)=CC=C12.I. The summed E-state index contributed by atoms with van der Waals surface area (Å²) >= 11 is 5.70. The van der Waals surface area contributed by atoms with Crippen LogP contribution in [0.25, 0.3) is 0 Å². The summed E-state index contributed by atoms with van der Waals surface area (Å²) in [7, 11) is 1.92. The zero-order valence-electron chi connectivity index (χ0n) is 6.36. The Hall–Kier alpha value is -0.430. The van der Waals surface area contributed by atoms with Crippen LogP contribution in [0.2, 0.25) is 0 Å². The molecule has 0 radical (unpaired) electrons. The quantitative estimate of drug-likeness (QED) is 0.539. The van der Waals surface area contributed by atoms with Gasteiger partial charge in [0.25, 0.3) is 0 Å². The van der Waals surface area contributed by atoms with Gasteiger partial charge in [0, 0.05) is 7.05 Å². The fourth-order valence-corrected chi connectivity index (χ4v) is 1.10. The van der Waals surface area contributed by atoms with Crippen molar-refractivity contribution < 1.29 is 0 Å². The van der Waals surface area contributed by atoms with Crippen LogP contribution in [0, 0.1) is 0 Å². The lowest BCUT2D eigenvalue weighted by molar-refractivity contribution is 0.271. The second-order valence-corrected chi connectivity index (χ2v) is 2.71. The summed E-state index contributed by atoms with van der Waals surface area (Å²) in [4.78, 5) is 1.90. The number of hydrogen-bond acceptors (Lipinski definition) is 4. The van der Waals surface area contributed by atoms with Crippen LogP contribution in [-0.2, 0) is 0 Å². The van der Waals surface area contributed by atoms with E-state index in [0.29, 0.717) is 5.16 Å². The molecule has 0 bridgehead atoms. The molecule has 0 aliphatic carbocycles. The third kappa shape index (κ3) is 1.51. The van der Waals surface area contributed by atoms with Gasteiger partial charge in [0.1, 0.15) is 11.5 Å². The predicted molar refractivity (Wildman–Crippen MR) is 58.7 cm³/mol. The van der Waals surface area contributed by atoms with Gasteiger partial charge >= 0.3 is 0 Å². The third-order valence-electron chi connectivity index (χ3n) is 1.51. The summed E-state index contributed by atoms with van der Waals surface area (Å²) in [6, 6.07) is 0. The number of nitrogens with zero attached hydrogens (tertiary/aromatic N) is 3. The lowest BCUT2D eigenvalue weighted by atomic mass is 10.4. The van der Waals surface area contributed by atoms with E-state index in [1.165, 1.54) is 0 Å². The molecule has 0 unspecified atom stereocenters. The summed E-state index contributed by atoms with van der Waals surface area (Å²) in [6.07, 6.45) is 5.40. The lowest BCUT2D eigenvalue weighted by Crippen LogP contribution is -2.33. The first kappa shape index (κ1) is 9.66.